The van der Waals surface area contributed by atoms with Gasteiger partial charge in [-0.2, -0.15) is 0 Å². The lowest BCUT2D eigenvalue weighted by Gasteiger charge is -2.20. The Labute approximate surface area is 129 Å². The number of benzene rings is 1. The van der Waals surface area contributed by atoms with Crippen molar-refractivity contribution < 1.29 is 14.3 Å². The van der Waals surface area contributed by atoms with Crippen LogP contribution in [0.2, 0.25) is 0 Å². The number of aliphatic hydroxyl groups excluding tert-OH is 1. The van der Waals surface area contributed by atoms with Gasteiger partial charge in [-0.05, 0) is 43.2 Å². The van der Waals surface area contributed by atoms with Crippen molar-refractivity contribution in [1.29, 1.82) is 0 Å². The lowest BCUT2D eigenvalue weighted by molar-refractivity contribution is -0.121. The van der Waals surface area contributed by atoms with Gasteiger partial charge < -0.3 is 10.4 Å². The maximum Gasteiger partial charge on any atom is 0.224 e. The van der Waals surface area contributed by atoms with Gasteiger partial charge in [-0.1, -0.05) is 18.2 Å². The first-order valence-corrected chi connectivity index (χ1v) is 7.10. The highest BCUT2D eigenvalue weighted by Crippen LogP contribution is 2.17. The van der Waals surface area contributed by atoms with Gasteiger partial charge in [0.25, 0.3) is 0 Å². The van der Waals surface area contributed by atoms with E-state index in [0.717, 1.165) is 11.3 Å². The van der Waals surface area contributed by atoms with E-state index in [9.17, 15) is 14.3 Å². The van der Waals surface area contributed by atoms with Crippen LogP contribution in [-0.2, 0) is 11.2 Å². The Morgan fingerprint density at radius 2 is 1.95 bits per heavy atom. The predicted octanol–water partition coefficient (Wildman–Crippen LogP) is 2.31. The van der Waals surface area contributed by atoms with Gasteiger partial charge in [0.2, 0.25) is 5.91 Å². The summed E-state index contributed by atoms with van der Waals surface area (Å²) >= 11 is 0. The Kier molecular flexibility index (Phi) is 5.22. The molecule has 1 heterocycles. The van der Waals surface area contributed by atoms with Gasteiger partial charge in [0, 0.05) is 11.9 Å². The average Bonchev–Trinajstić information content (AvgIpc) is 2.49. The molecule has 2 rings (SSSR count). The van der Waals surface area contributed by atoms with Gasteiger partial charge in [-0.3, -0.25) is 9.78 Å². The molecule has 0 spiro atoms. The van der Waals surface area contributed by atoms with Crippen molar-refractivity contribution in [3.8, 4) is 0 Å². The van der Waals surface area contributed by atoms with Crippen molar-refractivity contribution in [3.63, 3.8) is 0 Å². The summed E-state index contributed by atoms with van der Waals surface area (Å²) in [6.07, 6.45) is 0.977. The van der Waals surface area contributed by atoms with Crippen molar-refractivity contribution >= 4 is 5.91 Å². The number of carbonyl (C=O) groups excluding carboxylic acids is 1. The largest absolute Gasteiger partial charge is 0.386 e. The fourth-order valence-corrected chi connectivity index (χ4v) is 2.12. The Morgan fingerprint density at radius 3 is 2.55 bits per heavy atom. The summed E-state index contributed by atoms with van der Waals surface area (Å²) in [5.74, 6) is -0.557. The highest BCUT2D eigenvalue weighted by molar-refractivity contribution is 5.78. The number of pyridine rings is 1. The quantitative estimate of drug-likeness (QED) is 0.891. The zero-order valence-electron chi connectivity index (χ0n) is 12.6. The minimum atomic E-state index is -0.888. The monoisotopic (exact) mass is 302 g/mol. The highest BCUT2D eigenvalue weighted by Gasteiger charge is 2.18. The summed E-state index contributed by atoms with van der Waals surface area (Å²) in [7, 11) is 0. The first-order chi connectivity index (χ1) is 10.5. The molecule has 0 fully saturated rings. The molecule has 116 valence electrons. The molecular weight excluding hydrogens is 283 g/mol. The Morgan fingerprint density at radius 1 is 1.27 bits per heavy atom. The molecule has 4 nitrogen and oxygen atoms in total. The fourth-order valence-electron chi connectivity index (χ4n) is 2.12. The molecule has 1 aromatic carbocycles. The molecule has 2 unspecified atom stereocenters. The van der Waals surface area contributed by atoms with E-state index >= 15 is 0 Å². The third-order valence-corrected chi connectivity index (χ3v) is 3.41. The van der Waals surface area contributed by atoms with Crippen LogP contribution in [-0.4, -0.2) is 22.0 Å². The predicted molar refractivity (Wildman–Crippen MR) is 81.6 cm³/mol. The summed E-state index contributed by atoms with van der Waals surface area (Å²) in [6, 6.07) is 8.80. The molecule has 0 aliphatic heterocycles. The molecule has 2 N–H and O–H groups in total. The Bertz CT molecular complexity index is 626. The van der Waals surface area contributed by atoms with Crippen LogP contribution in [0.25, 0.3) is 0 Å². The zero-order valence-corrected chi connectivity index (χ0v) is 12.6. The molecule has 5 heteroatoms. The number of halogens is 1. The summed E-state index contributed by atoms with van der Waals surface area (Å²) in [6.45, 7) is 3.59. The average molecular weight is 302 g/mol. The Hall–Kier alpha value is -2.27. The molecule has 2 atom stereocenters. The van der Waals surface area contributed by atoms with Crippen LogP contribution in [0.3, 0.4) is 0 Å². The molecule has 1 aromatic heterocycles. The summed E-state index contributed by atoms with van der Waals surface area (Å²) in [5.41, 5.74) is 2.27. The van der Waals surface area contributed by atoms with E-state index < -0.39 is 12.1 Å². The second-order valence-electron chi connectivity index (χ2n) is 5.34. The van der Waals surface area contributed by atoms with Crippen LogP contribution in [0.5, 0.6) is 0 Å². The third-order valence-electron chi connectivity index (χ3n) is 3.41. The number of hydrogen-bond acceptors (Lipinski definition) is 3. The van der Waals surface area contributed by atoms with E-state index in [-0.39, 0.29) is 18.1 Å². The number of nitrogens with one attached hydrogen (secondary N) is 1. The van der Waals surface area contributed by atoms with Crippen molar-refractivity contribution in [1.82, 2.24) is 10.3 Å². The van der Waals surface area contributed by atoms with E-state index in [1.165, 1.54) is 24.3 Å². The van der Waals surface area contributed by atoms with Crippen LogP contribution in [0.1, 0.15) is 29.8 Å². The highest BCUT2D eigenvalue weighted by atomic mass is 19.1. The number of nitrogens with zero attached hydrogens (tertiary/aromatic N) is 1. The number of aliphatic hydroxyl groups is 1. The molecule has 0 saturated carbocycles. The molecule has 0 radical (unpaired) electrons. The van der Waals surface area contributed by atoms with Crippen LogP contribution < -0.4 is 5.32 Å². The van der Waals surface area contributed by atoms with Crippen molar-refractivity contribution in [2.45, 2.75) is 32.4 Å². The third kappa shape index (κ3) is 4.36. The van der Waals surface area contributed by atoms with Gasteiger partial charge in [0.15, 0.2) is 0 Å². The van der Waals surface area contributed by atoms with Crippen LogP contribution >= 0.6 is 0 Å². The Balaban J connectivity index is 1.92. The maximum atomic E-state index is 12.9. The minimum absolute atomic E-state index is 0.195. The van der Waals surface area contributed by atoms with E-state index in [1.54, 1.807) is 13.1 Å². The minimum Gasteiger partial charge on any atom is -0.386 e. The number of aromatic nitrogens is 1. The molecule has 2 aromatic rings. The van der Waals surface area contributed by atoms with E-state index in [2.05, 4.69) is 10.3 Å². The fraction of sp³-hybridized carbons (Fsp3) is 0.294. The standard InChI is InChI=1S/C17H19FN2O2/c1-11-3-4-13(10-19-11)9-16(21)20-12(2)17(22)14-5-7-15(18)8-6-14/h3-8,10,12,17,22H,9H2,1-2H3,(H,20,21). The smallest absolute Gasteiger partial charge is 0.224 e. The van der Waals surface area contributed by atoms with E-state index in [0.29, 0.717) is 5.56 Å². The van der Waals surface area contributed by atoms with Gasteiger partial charge in [0.1, 0.15) is 5.82 Å². The molecule has 1 amide bonds. The molecule has 0 bridgehead atoms. The number of rotatable bonds is 5. The lowest BCUT2D eigenvalue weighted by Crippen LogP contribution is -2.37. The molecule has 0 aliphatic carbocycles. The van der Waals surface area contributed by atoms with Crippen LogP contribution in [0.4, 0.5) is 4.39 Å². The van der Waals surface area contributed by atoms with Crippen molar-refractivity contribution in [2.24, 2.45) is 0 Å². The summed E-state index contributed by atoms with van der Waals surface area (Å²) < 4.78 is 12.9. The molecule has 0 saturated heterocycles. The van der Waals surface area contributed by atoms with Gasteiger partial charge in [0.05, 0.1) is 18.6 Å². The van der Waals surface area contributed by atoms with Gasteiger partial charge in [-0.25, -0.2) is 4.39 Å². The van der Waals surface area contributed by atoms with Crippen molar-refractivity contribution in [2.75, 3.05) is 0 Å². The first-order valence-electron chi connectivity index (χ1n) is 7.10. The maximum absolute atomic E-state index is 12.9. The van der Waals surface area contributed by atoms with E-state index in [1.807, 2.05) is 19.1 Å². The normalized spacial score (nSPS) is 13.5. The van der Waals surface area contributed by atoms with Gasteiger partial charge in [-0.15, -0.1) is 0 Å². The lowest BCUT2D eigenvalue weighted by atomic mass is 10.0. The van der Waals surface area contributed by atoms with Crippen LogP contribution in [0, 0.1) is 12.7 Å². The summed E-state index contributed by atoms with van der Waals surface area (Å²) in [4.78, 5) is 16.1. The van der Waals surface area contributed by atoms with Gasteiger partial charge >= 0.3 is 0 Å². The van der Waals surface area contributed by atoms with Crippen LogP contribution in [0.15, 0.2) is 42.6 Å². The zero-order chi connectivity index (χ0) is 16.1. The number of hydrogen-bond donors (Lipinski definition) is 2. The number of carbonyl (C=O) groups is 1. The summed E-state index contributed by atoms with van der Waals surface area (Å²) in [5, 5.41) is 12.9. The molecule has 22 heavy (non-hydrogen) atoms. The topological polar surface area (TPSA) is 62.2 Å². The second-order valence-corrected chi connectivity index (χ2v) is 5.34. The van der Waals surface area contributed by atoms with Crippen molar-refractivity contribution in [3.05, 3.63) is 65.2 Å². The number of amides is 1. The second kappa shape index (κ2) is 7.13. The molecular formula is C17H19FN2O2. The van der Waals surface area contributed by atoms with E-state index in [4.69, 9.17) is 0 Å². The molecule has 0 aliphatic rings. The number of aryl methyl sites for hydroxylation is 1. The first kappa shape index (κ1) is 16.1. The SMILES string of the molecule is Cc1ccc(CC(=O)NC(C)C(O)c2ccc(F)cc2)cn1.